The third kappa shape index (κ3) is 8.19. The fourth-order valence-corrected chi connectivity index (χ4v) is 1.45. The number of rotatable bonds is 10. The van der Waals surface area contributed by atoms with E-state index in [0.29, 0.717) is 19.7 Å². The summed E-state index contributed by atoms with van der Waals surface area (Å²) in [5.41, 5.74) is 0.0793. The molecule has 0 fully saturated rings. The molecule has 0 atom stereocenters. The highest BCUT2D eigenvalue weighted by Crippen LogP contribution is 1.90. The highest BCUT2D eigenvalue weighted by atomic mass is 16.5. The van der Waals surface area contributed by atoms with Crippen LogP contribution < -0.4 is 10.6 Å². The second-order valence-corrected chi connectivity index (χ2v) is 3.90. The van der Waals surface area contributed by atoms with Gasteiger partial charge in [0.1, 0.15) is 11.6 Å². The van der Waals surface area contributed by atoms with Crippen LogP contribution in [0.1, 0.15) is 13.8 Å². The van der Waals surface area contributed by atoms with Gasteiger partial charge in [-0.3, -0.25) is 4.79 Å². The van der Waals surface area contributed by atoms with Crippen molar-refractivity contribution in [3.63, 3.8) is 0 Å². The van der Waals surface area contributed by atoms with Crippen LogP contribution in [0.25, 0.3) is 0 Å². The molecule has 0 aromatic rings. The summed E-state index contributed by atoms with van der Waals surface area (Å²) in [5, 5.41) is 14.5. The molecule has 2 N–H and O–H groups in total. The number of hydrogen-bond donors (Lipinski definition) is 2. The number of likely N-dealkylation sites (N-methyl/N-ethyl adjacent to an activating group) is 1. The predicted octanol–water partition coefficient (Wildman–Crippen LogP) is 0.0879. The number of nitrogens with zero attached hydrogens (tertiary/aromatic N) is 2. The Hall–Kier alpha value is -1.58. The molecule has 1 amide bonds. The molecule has 19 heavy (non-hydrogen) atoms. The molecule has 0 radical (unpaired) electrons. The number of hydrogen-bond acceptors (Lipinski definition) is 5. The maximum Gasteiger partial charge on any atom is 0.263 e. The summed E-state index contributed by atoms with van der Waals surface area (Å²) in [7, 11) is 1.56. The number of amides is 1. The smallest absolute Gasteiger partial charge is 0.263 e. The molecule has 0 aromatic carbocycles. The molecular weight excluding hydrogens is 244 g/mol. The fourth-order valence-electron chi connectivity index (χ4n) is 1.45. The first-order valence-corrected chi connectivity index (χ1v) is 6.52. The summed E-state index contributed by atoms with van der Waals surface area (Å²) in [5.74, 6) is -0.380. The Morgan fingerprint density at radius 1 is 1.37 bits per heavy atom. The van der Waals surface area contributed by atoms with Crippen molar-refractivity contribution in [1.29, 1.82) is 5.26 Å². The monoisotopic (exact) mass is 268 g/mol. The van der Waals surface area contributed by atoms with Crippen LogP contribution in [0.15, 0.2) is 11.8 Å². The Kier molecular flexibility index (Phi) is 10.6. The van der Waals surface area contributed by atoms with Crippen LogP contribution in [-0.2, 0) is 9.53 Å². The predicted molar refractivity (Wildman–Crippen MR) is 74.4 cm³/mol. The van der Waals surface area contributed by atoms with Gasteiger partial charge in [0.05, 0.1) is 6.61 Å². The SMILES string of the molecule is CCN(CC)CCN/C=C(/C#N)C(=O)NCCOC. The summed E-state index contributed by atoms with van der Waals surface area (Å²) >= 11 is 0. The van der Waals surface area contributed by atoms with Gasteiger partial charge in [0.15, 0.2) is 0 Å². The molecule has 0 aliphatic carbocycles. The van der Waals surface area contributed by atoms with Crippen molar-refractivity contribution in [2.24, 2.45) is 0 Å². The van der Waals surface area contributed by atoms with Crippen molar-refractivity contribution in [2.45, 2.75) is 13.8 Å². The summed E-state index contributed by atoms with van der Waals surface area (Å²) in [4.78, 5) is 13.8. The molecule has 0 spiro atoms. The highest BCUT2D eigenvalue weighted by molar-refractivity contribution is 5.97. The molecule has 0 heterocycles. The van der Waals surface area contributed by atoms with Crippen molar-refractivity contribution >= 4 is 5.91 Å². The van der Waals surface area contributed by atoms with E-state index in [1.54, 1.807) is 7.11 Å². The molecule has 0 saturated carbocycles. The quantitative estimate of drug-likeness (QED) is 0.333. The van der Waals surface area contributed by atoms with Crippen molar-refractivity contribution in [1.82, 2.24) is 15.5 Å². The number of nitriles is 1. The molecule has 0 aliphatic heterocycles. The zero-order valence-electron chi connectivity index (χ0n) is 12.0. The van der Waals surface area contributed by atoms with Gasteiger partial charge < -0.3 is 20.3 Å². The van der Waals surface area contributed by atoms with Gasteiger partial charge in [-0.25, -0.2) is 0 Å². The van der Waals surface area contributed by atoms with E-state index in [9.17, 15) is 4.79 Å². The molecule has 6 nitrogen and oxygen atoms in total. The Morgan fingerprint density at radius 3 is 2.58 bits per heavy atom. The zero-order valence-corrected chi connectivity index (χ0v) is 12.0. The lowest BCUT2D eigenvalue weighted by atomic mass is 10.3. The van der Waals surface area contributed by atoms with E-state index in [1.807, 2.05) is 6.07 Å². The molecule has 0 saturated heterocycles. The Morgan fingerprint density at radius 2 is 2.05 bits per heavy atom. The first-order chi connectivity index (χ1) is 9.19. The van der Waals surface area contributed by atoms with Crippen molar-refractivity contribution in [2.75, 3.05) is 46.4 Å². The van der Waals surface area contributed by atoms with Crippen LogP contribution in [0, 0.1) is 11.3 Å². The average Bonchev–Trinajstić information content (AvgIpc) is 2.43. The number of carbonyl (C=O) groups is 1. The minimum Gasteiger partial charge on any atom is -0.388 e. The average molecular weight is 268 g/mol. The lowest BCUT2D eigenvalue weighted by Gasteiger charge is -2.17. The molecule has 0 aliphatic rings. The Bertz CT molecular complexity index is 319. The first kappa shape index (κ1) is 17.4. The standard InChI is InChI=1S/C13H24N4O2/c1-4-17(5-2)8-6-15-11-12(10-14)13(18)16-7-9-19-3/h11,15H,4-9H2,1-3H3,(H,16,18)/b12-11-. The molecular formula is C13H24N4O2. The van der Waals surface area contributed by atoms with Crippen LogP contribution in [0.4, 0.5) is 0 Å². The van der Waals surface area contributed by atoms with E-state index in [-0.39, 0.29) is 11.5 Å². The lowest BCUT2D eigenvalue weighted by molar-refractivity contribution is -0.117. The van der Waals surface area contributed by atoms with E-state index in [2.05, 4.69) is 29.4 Å². The molecule has 0 bridgehead atoms. The van der Waals surface area contributed by atoms with Gasteiger partial charge in [-0.05, 0) is 13.1 Å². The molecule has 6 heteroatoms. The number of nitrogens with one attached hydrogen (secondary N) is 2. The normalized spacial score (nSPS) is 11.2. The molecule has 0 rings (SSSR count). The fraction of sp³-hybridized carbons (Fsp3) is 0.692. The van der Waals surface area contributed by atoms with Crippen LogP contribution in [0.5, 0.6) is 0 Å². The van der Waals surface area contributed by atoms with E-state index >= 15 is 0 Å². The second kappa shape index (κ2) is 11.5. The molecule has 108 valence electrons. The Labute approximate surface area is 115 Å². The van der Waals surface area contributed by atoms with Crippen LogP contribution in [0.2, 0.25) is 0 Å². The number of carbonyl (C=O) groups excluding carboxylic acids is 1. The van der Waals surface area contributed by atoms with Crippen molar-refractivity contribution < 1.29 is 9.53 Å². The summed E-state index contributed by atoms with van der Waals surface area (Å²) < 4.78 is 4.82. The molecule has 0 aromatic heterocycles. The van der Waals surface area contributed by atoms with Crippen LogP contribution in [-0.4, -0.2) is 57.2 Å². The van der Waals surface area contributed by atoms with Gasteiger partial charge >= 0.3 is 0 Å². The molecule has 0 unspecified atom stereocenters. The van der Waals surface area contributed by atoms with Gasteiger partial charge in [0, 0.05) is 32.9 Å². The minimum absolute atomic E-state index is 0.0793. The second-order valence-electron chi connectivity index (χ2n) is 3.90. The van der Waals surface area contributed by atoms with Gasteiger partial charge in [-0.2, -0.15) is 5.26 Å². The summed E-state index contributed by atoms with van der Waals surface area (Å²) in [6, 6.07) is 1.88. The lowest BCUT2D eigenvalue weighted by Crippen LogP contribution is -2.31. The summed E-state index contributed by atoms with van der Waals surface area (Å²) in [6.07, 6.45) is 1.46. The number of ether oxygens (including phenoxy) is 1. The zero-order chi connectivity index (χ0) is 14.5. The van der Waals surface area contributed by atoms with Crippen LogP contribution in [0.3, 0.4) is 0 Å². The van der Waals surface area contributed by atoms with Crippen molar-refractivity contribution in [3.8, 4) is 6.07 Å². The van der Waals surface area contributed by atoms with E-state index < -0.39 is 0 Å². The first-order valence-electron chi connectivity index (χ1n) is 6.52. The maximum absolute atomic E-state index is 11.6. The van der Waals surface area contributed by atoms with Gasteiger partial charge in [-0.1, -0.05) is 13.8 Å². The van der Waals surface area contributed by atoms with E-state index in [0.717, 1.165) is 19.6 Å². The van der Waals surface area contributed by atoms with Crippen molar-refractivity contribution in [3.05, 3.63) is 11.8 Å². The third-order valence-corrected chi connectivity index (χ3v) is 2.67. The van der Waals surface area contributed by atoms with E-state index in [1.165, 1.54) is 6.20 Å². The van der Waals surface area contributed by atoms with E-state index in [4.69, 9.17) is 10.00 Å². The largest absolute Gasteiger partial charge is 0.388 e. The highest BCUT2D eigenvalue weighted by Gasteiger charge is 2.07. The van der Waals surface area contributed by atoms with Crippen LogP contribution >= 0.6 is 0 Å². The van der Waals surface area contributed by atoms with Gasteiger partial charge in [0.25, 0.3) is 5.91 Å². The maximum atomic E-state index is 11.6. The topological polar surface area (TPSA) is 77.4 Å². The minimum atomic E-state index is -0.380. The third-order valence-electron chi connectivity index (χ3n) is 2.67. The number of methoxy groups -OCH3 is 1. The Balaban J connectivity index is 4.04. The van der Waals surface area contributed by atoms with Gasteiger partial charge in [-0.15, -0.1) is 0 Å². The van der Waals surface area contributed by atoms with Gasteiger partial charge in [0.2, 0.25) is 0 Å². The summed E-state index contributed by atoms with van der Waals surface area (Å²) in [6.45, 7) is 8.60.